The fraction of sp³-hybridized carbons (Fsp3) is 0.500. The third-order valence-electron chi connectivity index (χ3n) is 2.93. The van der Waals surface area contributed by atoms with Crippen LogP contribution in [0.4, 0.5) is 11.4 Å². The van der Waals surface area contributed by atoms with Crippen LogP contribution in [0.2, 0.25) is 0 Å². The second-order valence-electron chi connectivity index (χ2n) is 4.24. The molecule has 0 aliphatic heterocycles. The first kappa shape index (κ1) is 11.7. The van der Waals surface area contributed by atoms with Crippen LogP contribution in [0.15, 0.2) is 18.2 Å². The van der Waals surface area contributed by atoms with Crippen LogP contribution in [-0.2, 0) is 0 Å². The van der Waals surface area contributed by atoms with Gasteiger partial charge in [0.05, 0.1) is 11.5 Å². The molecule has 0 spiro atoms. The molecule has 1 aromatic carbocycles. The highest BCUT2D eigenvalue weighted by molar-refractivity contribution is 5.68. The smallest absolute Gasteiger partial charge is 0.333 e. The number of ether oxygens (including phenoxy) is 1. The third-order valence-corrected chi connectivity index (χ3v) is 2.93. The topological polar surface area (TPSA) is 64.4 Å². The number of anilines is 1. The minimum absolute atomic E-state index is 0.0193. The van der Waals surface area contributed by atoms with E-state index in [-0.39, 0.29) is 5.69 Å². The van der Waals surface area contributed by atoms with Crippen molar-refractivity contribution in [3.63, 3.8) is 0 Å². The molecule has 0 heterocycles. The minimum atomic E-state index is -0.404. The molecular formula is C12H16N2O3. The lowest BCUT2D eigenvalue weighted by Crippen LogP contribution is -2.03. The van der Waals surface area contributed by atoms with Gasteiger partial charge in [0.2, 0.25) is 0 Å². The average molecular weight is 236 g/mol. The Balaban J connectivity index is 2.09. The number of hydrogen-bond acceptors (Lipinski definition) is 4. The molecule has 0 bridgehead atoms. The SMILES string of the molecule is CNc1cccc(OCCC2CC2)c1[N+](=O)[O-]. The molecule has 17 heavy (non-hydrogen) atoms. The summed E-state index contributed by atoms with van der Waals surface area (Å²) in [4.78, 5) is 10.6. The van der Waals surface area contributed by atoms with Crippen molar-refractivity contribution in [2.45, 2.75) is 19.3 Å². The molecule has 1 aromatic rings. The highest BCUT2D eigenvalue weighted by Crippen LogP contribution is 2.36. The maximum Gasteiger partial charge on any atom is 0.333 e. The van der Waals surface area contributed by atoms with Crippen molar-refractivity contribution in [2.24, 2.45) is 5.92 Å². The van der Waals surface area contributed by atoms with Gasteiger partial charge in [-0.1, -0.05) is 18.9 Å². The first-order chi connectivity index (χ1) is 8.22. The highest BCUT2D eigenvalue weighted by Gasteiger charge is 2.23. The van der Waals surface area contributed by atoms with Crippen molar-refractivity contribution in [1.82, 2.24) is 0 Å². The maximum absolute atomic E-state index is 11.0. The van der Waals surface area contributed by atoms with Gasteiger partial charge in [-0.05, 0) is 24.5 Å². The van der Waals surface area contributed by atoms with Crippen molar-refractivity contribution >= 4 is 11.4 Å². The van der Waals surface area contributed by atoms with E-state index in [4.69, 9.17) is 4.74 Å². The first-order valence-electron chi connectivity index (χ1n) is 5.80. The fourth-order valence-corrected chi connectivity index (χ4v) is 1.77. The van der Waals surface area contributed by atoms with E-state index < -0.39 is 4.92 Å². The molecule has 5 nitrogen and oxygen atoms in total. The van der Waals surface area contributed by atoms with E-state index in [2.05, 4.69) is 5.32 Å². The zero-order valence-corrected chi connectivity index (χ0v) is 9.81. The number of nitrogens with zero attached hydrogens (tertiary/aromatic N) is 1. The molecule has 1 saturated carbocycles. The Kier molecular flexibility index (Phi) is 3.46. The monoisotopic (exact) mass is 236 g/mol. The Morgan fingerprint density at radius 1 is 1.53 bits per heavy atom. The van der Waals surface area contributed by atoms with Crippen LogP contribution < -0.4 is 10.1 Å². The fourth-order valence-electron chi connectivity index (χ4n) is 1.77. The predicted molar refractivity (Wildman–Crippen MR) is 65.5 cm³/mol. The number of nitro benzene ring substituents is 1. The number of rotatable bonds is 6. The van der Waals surface area contributed by atoms with Crippen molar-refractivity contribution in [3.8, 4) is 5.75 Å². The predicted octanol–water partition coefficient (Wildman–Crippen LogP) is 2.82. The molecule has 92 valence electrons. The molecule has 0 atom stereocenters. The standard InChI is InChI=1S/C12H16N2O3/c1-13-10-3-2-4-11(12(10)14(15)16)17-8-7-9-5-6-9/h2-4,9,13H,5-8H2,1H3. The molecular weight excluding hydrogens is 220 g/mol. The number of nitrogens with one attached hydrogen (secondary N) is 1. The van der Waals surface area contributed by atoms with Crippen LogP contribution in [0, 0.1) is 16.0 Å². The Morgan fingerprint density at radius 3 is 2.88 bits per heavy atom. The summed E-state index contributed by atoms with van der Waals surface area (Å²) < 4.78 is 5.51. The molecule has 1 fully saturated rings. The maximum atomic E-state index is 11.0. The summed E-state index contributed by atoms with van der Waals surface area (Å²) in [5.41, 5.74) is 0.504. The van der Waals surface area contributed by atoms with Crippen molar-refractivity contribution in [3.05, 3.63) is 28.3 Å². The second-order valence-corrected chi connectivity index (χ2v) is 4.24. The number of para-hydroxylation sites is 1. The molecule has 5 heteroatoms. The lowest BCUT2D eigenvalue weighted by Gasteiger charge is -2.09. The van der Waals surface area contributed by atoms with E-state index in [1.54, 1.807) is 25.2 Å². The largest absolute Gasteiger partial charge is 0.487 e. The number of nitro groups is 1. The third kappa shape index (κ3) is 2.87. The van der Waals surface area contributed by atoms with Crippen molar-refractivity contribution in [1.29, 1.82) is 0 Å². The Hall–Kier alpha value is -1.78. The zero-order chi connectivity index (χ0) is 12.3. The lowest BCUT2D eigenvalue weighted by molar-refractivity contribution is -0.384. The number of benzene rings is 1. The molecule has 0 unspecified atom stereocenters. The molecule has 0 saturated heterocycles. The van der Waals surface area contributed by atoms with E-state index in [0.29, 0.717) is 18.0 Å². The summed E-state index contributed by atoms with van der Waals surface area (Å²) in [6.45, 7) is 0.554. The van der Waals surface area contributed by atoms with Gasteiger partial charge in [-0.15, -0.1) is 0 Å². The molecule has 0 amide bonds. The number of hydrogen-bond donors (Lipinski definition) is 1. The summed E-state index contributed by atoms with van der Waals surface area (Å²) in [7, 11) is 1.66. The van der Waals surface area contributed by atoms with E-state index >= 15 is 0 Å². The van der Waals surface area contributed by atoms with Crippen molar-refractivity contribution < 1.29 is 9.66 Å². The van der Waals surface area contributed by atoms with Crippen LogP contribution in [0.1, 0.15) is 19.3 Å². The van der Waals surface area contributed by atoms with Crippen LogP contribution in [-0.4, -0.2) is 18.6 Å². The van der Waals surface area contributed by atoms with Gasteiger partial charge < -0.3 is 10.1 Å². The summed E-state index contributed by atoms with van der Waals surface area (Å²) in [6.07, 6.45) is 3.52. The quantitative estimate of drug-likeness (QED) is 0.609. The van der Waals surface area contributed by atoms with Crippen LogP contribution in [0.3, 0.4) is 0 Å². The molecule has 1 N–H and O–H groups in total. The van der Waals surface area contributed by atoms with Gasteiger partial charge in [0.1, 0.15) is 5.69 Å². The zero-order valence-electron chi connectivity index (χ0n) is 9.81. The van der Waals surface area contributed by atoms with E-state index in [0.717, 1.165) is 12.3 Å². The summed E-state index contributed by atoms with van der Waals surface area (Å²) in [5.74, 6) is 1.11. The highest BCUT2D eigenvalue weighted by atomic mass is 16.6. The van der Waals surface area contributed by atoms with Gasteiger partial charge in [-0.2, -0.15) is 0 Å². The van der Waals surface area contributed by atoms with Gasteiger partial charge in [0, 0.05) is 7.05 Å². The van der Waals surface area contributed by atoms with Crippen LogP contribution in [0.25, 0.3) is 0 Å². The Morgan fingerprint density at radius 2 is 2.29 bits per heavy atom. The van der Waals surface area contributed by atoms with E-state index in [1.807, 2.05) is 0 Å². The minimum Gasteiger partial charge on any atom is -0.487 e. The molecule has 1 aliphatic rings. The van der Waals surface area contributed by atoms with Gasteiger partial charge in [0.15, 0.2) is 5.75 Å². The van der Waals surface area contributed by atoms with E-state index in [1.165, 1.54) is 12.8 Å². The molecule has 0 aromatic heterocycles. The molecule has 0 radical (unpaired) electrons. The molecule has 1 aliphatic carbocycles. The Labute approximate surface area is 99.9 Å². The average Bonchev–Trinajstić information content (AvgIpc) is 3.12. The lowest BCUT2D eigenvalue weighted by atomic mass is 10.2. The van der Waals surface area contributed by atoms with Gasteiger partial charge in [-0.3, -0.25) is 10.1 Å². The normalized spacial score (nSPS) is 14.4. The van der Waals surface area contributed by atoms with Crippen LogP contribution >= 0.6 is 0 Å². The summed E-state index contributed by atoms with van der Waals surface area (Å²) in [5, 5.41) is 13.8. The van der Waals surface area contributed by atoms with Crippen LogP contribution in [0.5, 0.6) is 5.75 Å². The van der Waals surface area contributed by atoms with Gasteiger partial charge in [-0.25, -0.2) is 0 Å². The van der Waals surface area contributed by atoms with Gasteiger partial charge >= 0.3 is 5.69 Å². The van der Waals surface area contributed by atoms with Gasteiger partial charge in [0.25, 0.3) is 0 Å². The first-order valence-corrected chi connectivity index (χ1v) is 5.80. The van der Waals surface area contributed by atoms with Crippen molar-refractivity contribution in [2.75, 3.05) is 19.0 Å². The second kappa shape index (κ2) is 5.03. The van der Waals surface area contributed by atoms with E-state index in [9.17, 15) is 10.1 Å². The summed E-state index contributed by atoms with van der Waals surface area (Å²) in [6, 6.07) is 5.07. The summed E-state index contributed by atoms with van der Waals surface area (Å²) >= 11 is 0. The Bertz CT molecular complexity index is 416. The molecule has 2 rings (SSSR count).